The van der Waals surface area contributed by atoms with Crippen LogP contribution in [0, 0.1) is 11.8 Å². The molecule has 2 aliphatic carbocycles. The molecule has 3 aliphatic rings. The molecule has 0 radical (unpaired) electrons. The standard InChI is InChI=1S/C60H51N/c1-4-49-54(52-29-19-31-56-58(52)53-28-17-18-30-55(53)60(56,47-24-13-7-14-25-47)48-26-15-8-16-27-48)40-57(61-59(49)46-22-11-6-12-23-46)45-36-34-44(35-37-45)51-39-38-50(41(2)32-33-42(51)3)43-20-9-5-10-21-43/h5-31,33-41,49,59H,4,32H2,1-3H3/b42-33?,50-38+,51-39?. The van der Waals surface area contributed by atoms with Crippen molar-refractivity contribution in [1.29, 1.82) is 0 Å². The lowest BCUT2D eigenvalue weighted by Crippen LogP contribution is -2.28. The van der Waals surface area contributed by atoms with Crippen LogP contribution in [-0.2, 0) is 5.41 Å². The van der Waals surface area contributed by atoms with E-state index in [1.165, 1.54) is 77.9 Å². The van der Waals surface area contributed by atoms with Gasteiger partial charge in [-0.25, -0.2) is 0 Å². The van der Waals surface area contributed by atoms with E-state index in [2.05, 4.69) is 233 Å². The Morgan fingerprint density at radius 2 is 1.11 bits per heavy atom. The zero-order valence-corrected chi connectivity index (χ0v) is 35.3. The van der Waals surface area contributed by atoms with Gasteiger partial charge in [0.25, 0.3) is 0 Å². The molecular formula is C60H51N. The largest absolute Gasteiger partial charge is 0.276 e. The fraction of sp³-hybridized carbons (Fsp3) is 0.150. The maximum Gasteiger partial charge on any atom is 0.0825 e. The van der Waals surface area contributed by atoms with Crippen LogP contribution in [0.5, 0.6) is 0 Å². The van der Waals surface area contributed by atoms with Gasteiger partial charge in [0.15, 0.2) is 0 Å². The van der Waals surface area contributed by atoms with Crippen molar-refractivity contribution in [2.45, 2.75) is 45.1 Å². The molecule has 10 rings (SSSR count). The average Bonchev–Trinajstić information content (AvgIpc) is 3.64. The first-order valence-electron chi connectivity index (χ1n) is 22.0. The van der Waals surface area contributed by atoms with Crippen molar-refractivity contribution in [2.75, 3.05) is 0 Å². The molecule has 296 valence electrons. The van der Waals surface area contributed by atoms with E-state index in [0.29, 0.717) is 5.92 Å². The molecule has 0 saturated heterocycles. The molecule has 0 fully saturated rings. The molecule has 7 aromatic rings. The zero-order valence-electron chi connectivity index (χ0n) is 35.3. The molecule has 3 atom stereocenters. The molecule has 1 nitrogen and oxygen atoms in total. The topological polar surface area (TPSA) is 12.4 Å². The molecule has 1 heteroatoms. The summed E-state index contributed by atoms with van der Waals surface area (Å²) in [4.78, 5) is 5.65. The van der Waals surface area contributed by atoms with E-state index in [4.69, 9.17) is 4.99 Å². The lowest BCUT2D eigenvalue weighted by Gasteiger charge is -2.34. The normalized spacial score (nSPS) is 20.0. The number of benzene rings is 7. The van der Waals surface area contributed by atoms with Gasteiger partial charge in [0.2, 0.25) is 0 Å². The first-order chi connectivity index (χ1) is 30.1. The summed E-state index contributed by atoms with van der Waals surface area (Å²) in [6, 6.07) is 69.3. The highest BCUT2D eigenvalue weighted by Crippen LogP contribution is 2.58. The molecule has 0 spiro atoms. The van der Waals surface area contributed by atoms with E-state index in [1.54, 1.807) is 0 Å². The minimum atomic E-state index is -0.458. The highest BCUT2D eigenvalue weighted by atomic mass is 14.8. The Bertz CT molecular complexity index is 2820. The SMILES string of the molecule is CCC1C(c2cccc3c2-c2ccccc2C3(c2ccccc2)c2ccccc2)=CC(c2ccc(C3=C/C=C(/c4ccccc4)C(C)CC=C3C)cc2)=NC1c1ccccc1. The van der Waals surface area contributed by atoms with E-state index in [-0.39, 0.29) is 12.0 Å². The van der Waals surface area contributed by atoms with E-state index < -0.39 is 5.41 Å². The van der Waals surface area contributed by atoms with Gasteiger partial charge in [0.1, 0.15) is 0 Å². The van der Waals surface area contributed by atoms with Crippen molar-refractivity contribution >= 4 is 22.4 Å². The summed E-state index contributed by atoms with van der Waals surface area (Å²) in [5.41, 5.74) is 19.9. The average molecular weight is 786 g/mol. The van der Waals surface area contributed by atoms with Crippen LogP contribution in [0.1, 0.15) is 89.7 Å². The van der Waals surface area contributed by atoms with Crippen molar-refractivity contribution < 1.29 is 0 Å². The predicted molar refractivity (Wildman–Crippen MR) is 258 cm³/mol. The van der Waals surface area contributed by atoms with Gasteiger partial charge in [0.05, 0.1) is 17.2 Å². The Morgan fingerprint density at radius 1 is 0.541 bits per heavy atom. The van der Waals surface area contributed by atoms with Crippen molar-refractivity contribution in [2.24, 2.45) is 16.8 Å². The third-order valence-corrected chi connectivity index (χ3v) is 13.5. The van der Waals surface area contributed by atoms with E-state index in [1.807, 2.05) is 0 Å². The predicted octanol–water partition coefficient (Wildman–Crippen LogP) is 15.2. The zero-order chi connectivity index (χ0) is 41.3. The second-order valence-electron chi connectivity index (χ2n) is 16.9. The van der Waals surface area contributed by atoms with Crippen LogP contribution in [0.2, 0.25) is 0 Å². The van der Waals surface area contributed by atoms with Gasteiger partial charge in [-0.1, -0.05) is 220 Å². The van der Waals surface area contributed by atoms with Crippen molar-refractivity contribution in [3.8, 4) is 11.1 Å². The van der Waals surface area contributed by atoms with Crippen LogP contribution in [0.4, 0.5) is 0 Å². The third kappa shape index (κ3) is 6.70. The molecule has 3 unspecified atom stereocenters. The fourth-order valence-electron chi connectivity index (χ4n) is 10.5. The molecule has 1 heterocycles. The second kappa shape index (κ2) is 16.3. The van der Waals surface area contributed by atoms with Gasteiger partial charge in [-0.05, 0) is 115 Å². The molecule has 0 saturated carbocycles. The number of aliphatic imine (C=N–C) groups is 1. The summed E-state index contributed by atoms with van der Waals surface area (Å²) >= 11 is 0. The van der Waals surface area contributed by atoms with Crippen molar-refractivity contribution in [1.82, 2.24) is 0 Å². The van der Waals surface area contributed by atoms with Gasteiger partial charge >= 0.3 is 0 Å². The third-order valence-electron chi connectivity index (χ3n) is 13.5. The maximum atomic E-state index is 5.65. The van der Waals surface area contributed by atoms with Gasteiger partial charge < -0.3 is 0 Å². The van der Waals surface area contributed by atoms with E-state index >= 15 is 0 Å². The first kappa shape index (κ1) is 38.4. The summed E-state index contributed by atoms with van der Waals surface area (Å²) in [5.74, 6) is 0.633. The van der Waals surface area contributed by atoms with Gasteiger partial charge in [-0.15, -0.1) is 0 Å². The van der Waals surface area contributed by atoms with Gasteiger partial charge in [-0.3, -0.25) is 4.99 Å². The summed E-state index contributed by atoms with van der Waals surface area (Å²) in [6.07, 6.45) is 11.5. The maximum absolute atomic E-state index is 5.65. The molecule has 0 amide bonds. The van der Waals surface area contributed by atoms with Crippen molar-refractivity contribution in [3.05, 3.63) is 268 Å². The molecule has 0 aromatic heterocycles. The number of hydrogen-bond donors (Lipinski definition) is 0. The Labute approximate surface area is 361 Å². The molecular weight excluding hydrogens is 735 g/mol. The quantitative estimate of drug-likeness (QED) is 0.145. The Hall–Kier alpha value is -6.83. The van der Waals surface area contributed by atoms with Crippen LogP contribution in [0.25, 0.3) is 27.8 Å². The smallest absolute Gasteiger partial charge is 0.0825 e. The van der Waals surface area contributed by atoms with Crippen LogP contribution >= 0.6 is 0 Å². The monoisotopic (exact) mass is 785 g/mol. The van der Waals surface area contributed by atoms with Gasteiger partial charge in [0, 0.05) is 5.92 Å². The number of fused-ring (bicyclic) bond motifs is 3. The number of nitrogens with zero attached hydrogens (tertiary/aromatic N) is 1. The summed E-state index contributed by atoms with van der Waals surface area (Å²) in [7, 11) is 0. The Balaban J connectivity index is 1.13. The molecule has 1 aliphatic heterocycles. The van der Waals surface area contributed by atoms with Crippen LogP contribution < -0.4 is 0 Å². The molecule has 7 aromatic carbocycles. The van der Waals surface area contributed by atoms with Crippen LogP contribution in [0.3, 0.4) is 0 Å². The highest BCUT2D eigenvalue weighted by Gasteiger charge is 2.47. The fourth-order valence-corrected chi connectivity index (χ4v) is 10.5. The number of hydrogen-bond acceptors (Lipinski definition) is 1. The van der Waals surface area contributed by atoms with Crippen LogP contribution in [-0.4, -0.2) is 5.71 Å². The van der Waals surface area contributed by atoms with E-state index in [9.17, 15) is 0 Å². The van der Waals surface area contributed by atoms with E-state index in [0.717, 1.165) is 24.1 Å². The second-order valence-corrected chi connectivity index (χ2v) is 16.9. The molecule has 0 bridgehead atoms. The lowest BCUT2D eigenvalue weighted by atomic mass is 9.67. The van der Waals surface area contributed by atoms with Crippen molar-refractivity contribution in [3.63, 3.8) is 0 Å². The number of dihydropyridines is 1. The Kier molecular flexibility index (Phi) is 10.3. The molecule has 0 N–H and O–H groups in total. The Morgan fingerprint density at radius 3 is 1.79 bits per heavy atom. The molecule has 61 heavy (non-hydrogen) atoms. The first-order valence-corrected chi connectivity index (χ1v) is 22.0. The lowest BCUT2D eigenvalue weighted by molar-refractivity contribution is 0.519. The summed E-state index contributed by atoms with van der Waals surface area (Å²) in [6.45, 7) is 6.92. The number of rotatable bonds is 8. The minimum Gasteiger partial charge on any atom is -0.276 e. The summed E-state index contributed by atoms with van der Waals surface area (Å²) in [5, 5.41) is 0. The van der Waals surface area contributed by atoms with Crippen LogP contribution in [0.15, 0.2) is 223 Å². The minimum absolute atomic E-state index is 0.0246. The number of allylic oxidation sites excluding steroid dienone is 7. The highest BCUT2D eigenvalue weighted by molar-refractivity contribution is 6.14. The van der Waals surface area contributed by atoms with Gasteiger partial charge in [-0.2, -0.15) is 0 Å². The summed E-state index contributed by atoms with van der Waals surface area (Å²) < 4.78 is 0.